The third-order valence-corrected chi connectivity index (χ3v) is 4.07. The van der Waals surface area contributed by atoms with Gasteiger partial charge in [0.05, 0.1) is 12.3 Å². The van der Waals surface area contributed by atoms with Crippen molar-refractivity contribution >= 4 is 5.91 Å². The first-order valence-corrected chi connectivity index (χ1v) is 8.11. The summed E-state index contributed by atoms with van der Waals surface area (Å²) in [4.78, 5) is 17.4. The largest absolute Gasteiger partial charge is 0.370 e. The van der Waals surface area contributed by atoms with E-state index in [2.05, 4.69) is 15.4 Å². The van der Waals surface area contributed by atoms with Crippen LogP contribution in [-0.2, 0) is 29.0 Å². The van der Waals surface area contributed by atoms with Crippen molar-refractivity contribution in [2.45, 2.75) is 25.6 Å². The monoisotopic (exact) mass is 329 g/mol. The summed E-state index contributed by atoms with van der Waals surface area (Å²) in [5.74, 6) is 0.0307. The van der Waals surface area contributed by atoms with E-state index in [1.54, 1.807) is 36.1 Å². The van der Waals surface area contributed by atoms with Crippen LogP contribution in [0.25, 0.3) is 0 Å². The van der Waals surface area contributed by atoms with Crippen LogP contribution in [0.3, 0.4) is 0 Å². The van der Waals surface area contributed by atoms with Gasteiger partial charge in [0.1, 0.15) is 12.6 Å². The fourth-order valence-corrected chi connectivity index (χ4v) is 2.70. The van der Waals surface area contributed by atoms with Gasteiger partial charge in [-0.2, -0.15) is 5.10 Å². The molecule has 0 saturated carbocycles. The molecule has 0 bridgehead atoms. The number of nitrogens with zero attached hydrogens (tertiary/aromatic N) is 4. The van der Waals surface area contributed by atoms with Crippen molar-refractivity contribution < 1.29 is 9.53 Å². The lowest BCUT2D eigenvalue weighted by Gasteiger charge is -2.22. The molecular formula is C17H23N5O2. The van der Waals surface area contributed by atoms with Crippen LogP contribution in [0.15, 0.2) is 30.7 Å². The zero-order valence-electron chi connectivity index (χ0n) is 14.1. The number of ether oxygens (including phenoxy) is 1. The van der Waals surface area contributed by atoms with Gasteiger partial charge in [0.15, 0.2) is 0 Å². The molecule has 7 nitrogen and oxygen atoms in total. The van der Waals surface area contributed by atoms with Crippen LogP contribution >= 0.6 is 0 Å². The van der Waals surface area contributed by atoms with Crippen molar-refractivity contribution in [1.82, 2.24) is 25.0 Å². The average Bonchev–Trinajstić information content (AvgIpc) is 2.99. The first-order valence-electron chi connectivity index (χ1n) is 8.11. The number of rotatable bonds is 6. The minimum atomic E-state index is -0.0775. The minimum absolute atomic E-state index is 0.0307. The summed E-state index contributed by atoms with van der Waals surface area (Å²) in [5, 5.41) is 7.98. The topological polar surface area (TPSA) is 72.3 Å². The molecule has 3 heterocycles. The fraction of sp³-hybridized carbons (Fsp3) is 0.471. The molecule has 2 aromatic rings. The lowest BCUT2D eigenvalue weighted by atomic mass is 10.1. The predicted molar refractivity (Wildman–Crippen MR) is 89.3 cm³/mol. The van der Waals surface area contributed by atoms with Gasteiger partial charge in [0, 0.05) is 45.8 Å². The van der Waals surface area contributed by atoms with Gasteiger partial charge in [0.25, 0.3) is 0 Å². The van der Waals surface area contributed by atoms with Gasteiger partial charge in [-0.05, 0) is 29.7 Å². The summed E-state index contributed by atoms with van der Waals surface area (Å²) < 4.78 is 7.58. The molecule has 0 fully saturated rings. The Hall–Kier alpha value is -2.25. The molecule has 3 rings (SSSR count). The molecule has 1 N–H and O–H groups in total. The summed E-state index contributed by atoms with van der Waals surface area (Å²) in [6, 6.07) is 3.98. The van der Waals surface area contributed by atoms with Crippen LogP contribution in [0.2, 0.25) is 0 Å². The molecule has 0 unspecified atom stereocenters. The molecule has 1 atom stereocenters. The summed E-state index contributed by atoms with van der Waals surface area (Å²) in [7, 11) is 3.50. The molecule has 0 saturated heterocycles. The third-order valence-electron chi connectivity index (χ3n) is 4.07. The lowest BCUT2D eigenvalue weighted by molar-refractivity contribution is -0.129. The number of pyridine rings is 1. The Balaban J connectivity index is 1.61. The van der Waals surface area contributed by atoms with Crippen LogP contribution in [-0.4, -0.2) is 52.8 Å². The summed E-state index contributed by atoms with van der Waals surface area (Å²) >= 11 is 0. The highest BCUT2D eigenvalue weighted by molar-refractivity contribution is 5.75. The van der Waals surface area contributed by atoms with Gasteiger partial charge in [-0.3, -0.25) is 14.5 Å². The van der Waals surface area contributed by atoms with Crippen molar-refractivity contribution in [1.29, 1.82) is 0 Å². The molecule has 1 aliphatic rings. The van der Waals surface area contributed by atoms with E-state index < -0.39 is 0 Å². The number of fused-ring (bicyclic) bond motifs is 1. The van der Waals surface area contributed by atoms with Crippen LogP contribution in [0.5, 0.6) is 0 Å². The van der Waals surface area contributed by atoms with Gasteiger partial charge >= 0.3 is 0 Å². The molecule has 1 aliphatic heterocycles. The Bertz CT molecular complexity index is 684. The zero-order valence-corrected chi connectivity index (χ0v) is 14.1. The maximum atomic E-state index is 11.9. The normalized spacial score (nSPS) is 16.7. The number of aromatic nitrogens is 3. The van der Waals surface area contributed by atoms with Gasteiger partial charge in [-0.25, -0.2) is 0 Å². The lowest BCUT2D eigenvalue weighted by Crippen LogP contribution is -2.28. The number of hydrogen-bond donors (Lipinski definition) is 1. The number of likely N-dealkylation sites (N-methyl/N-ethyl adjacent to an activating group) is 1. The third kappa shape index (κ3) is 3.98. The van der Waals surface area contributed by atoms with Crippen LogP contribution < -0.4 is 5.32 Å². The van der Waals surface area contributed by atoms with Crippen LogP contribution in [0, 0.1) is 0 Å². The Kier molecular flexibility index (Phi) is 5.22. The van der Waals surface area contributed by atoms with Crippen LogP contribution in [0.1, 0.15) is 22.9 Å². The molecule has 0 radical (unpaired) electrons. The molecule has 1 amide bonds. The second-order valence-corrected chi connectivity index (χ2v) is 6.12. The smallest absolute Gasteiger partial charge is 0.243 e. The van der Waals surface area contributed by atoms with Crippen molar-refractivity contribution in [2.24, 2.45) is 0 Å². The number of nitrogens with one attached hydrogen (secondary N) is 1. The number of hydrogen-bond acceptors (Lipinski definition) is 5. The molecule has 2 aromatic heterocycles. The molecule has 0 aliphatic carbocycles. The van der Waals surface area contributed by atoms with Crippen LogP contribution in [0.4, 0.5) is 0 Å². The van der Waals surface area contributed by atoms with E-state index >= 15 is 0 Å². The molecule has 0 spiro atoms. The first-order chi connectivity index (χ1) is 11.6. The highest BCUT2D eigenvalue weighted by atomic mass is 16.5. The number of carbonyl (C=O) groups excluding carboxylic acids is 1. The summed E-state index contributed by atoms with van der Waals surface area (Å²) in [6.45, 7) is 2.39. The second kappa shape index (κ2) is 7.55. The highest BCUT2D eigenvalue weighted by Gasteiger charge is 2.25. The van der Waals surface area contributed by atoms with Gasteiger partial charge in [-0.15, -0.1) is 0 Å². The Morgan fingerprint density at radius 2 is 2.21 bits per heavy atom. The fourth-order valence-electron chi connectivity index (χ4n) is 2.70. The highest BCUT2D eigenvalue weighted by Crippen LogP contribution is 2.25. The SMILES string of the molecule is CN(C)C(=O)Cn1cc2c(n1)[C@H](CNCc1ccncc1)OCC2. The average molecular weight is 329 g/mol. The standard InChI is InChI=1S/C17H23N5O2/c1-21(2)16(23)12-22-11-14-5-8-24-15(17(14)20-22)10-19-9-13-3-6-18-7-4-13/h3-4,6-7,11,15,19H,5,8-10,12H2,1-2H3/t15-/m0/s1. The van der Waals surface area contributed by atoms with Gasteiger partial charge in [-0.1, -0.05) is 0 Å². The number of carbonyl (C=O) groups is 1. The van der Waals surface area contributed by atoms with E-state index in [9.17, 15) is 4.79 Å². The van der Waals surface area contributed by atoms with E-state index in [0.29, 0.717) is 13.2 Å². The summed E-state index contributed by atoms with van der Waals surface area (Å²) in [5.41, 5.74) is 3.29. The molecule has 7 heteroatoms. The maximum Gasteiger partial charge on any atom is 0.243 e. The Labute approximate surface area is 141 Å². The number of amides is 1. The van der Waals surface area contributed by atoms with Crippen molar-refractivity contribution in [3.63, 3.8) is 0 Å². The molecule has 0 aromatic carbocycles. The minimum Gasteiger partial charge on any atom is -0.370 e. The first kappa shape index (κ1) is 16.6. The summed E-state index contributed by atoms with van der Waals surface area (Å²) in [6.07, 6.45) is 6.30. The van der Waals surface area contributed by atoms with E-state index in [1.165, 1.54) is 11.1 Å². The Morgan fingerprint density at radius 3 is 2.96 bits per heavy atom. The molecular weight excluding hydrogens is 306 g/mol. The Morgan fingerprint density at radius 1 is 1.42 bits per heavy atom. The zero-order chi connectivity index (χ0) is 16.9. The van der Waals surface area contributed by atoms with Gasteiger partial charge in [0.2, 0.25) is 5.91 Å². The van der Waals surface area contributed by atoms with E-state index in [0.717, 1.165) is 18.7 Å². The van der Waals surface area contributed by atoms with E-state index in [1.807, 2.05) is 18.3 Å². The van der Waals surface area contributed by atoms with E-state index in [4.69, 9.17) is 4.74 Å². The van der Waals surface area contributed by atoms with Crippen molar-refractivity contribution in [2.75, 3.05) is 27.2 Å². The maximum absolute atomic E-state index is 11.9. The van der Waals surface area contributed by atoms with Crippen molar-refractivity contribution in [3.8, 4) is 0 Å². The quantitative estimate of drug-likeness (QED) is 0.847. The van der Waals surface area contributed by atoms with E-state index in [-0.39, 0.29) is 18.6 Å². The van der Waals surface area contributed by atoms with Gasteiger partial charge < -0.3 is 15.0 Å². The second-order valence-electron chi connectivity index (χ2n) is 6.12. The predicted octanol–water partition coefficient (Wildman–Crippen LogP) is 0.770. The molecule has 24 heavy (non-hydrogen) atoms. The molecule has 128 valence electrons. The van der Waals surface area contributed by atoms with Crippen molar-refractivity contribution in [3.05, 3.63) is 47.5 Å².